The molecule has 8 heteroatoms. The van der Waals surface area contributed by atoms with Crippen LogP contribution in [0.5, 0.6) is 0 Å². The average molecular weight is 498 g/mol. The van der Waals surface area contributed by atoms with E-state index in [4.69, 9.17) is 9.72 Å². The molecule has 6 nitrogen and oxygen atoms in total. The van der Waals surface area contributed by atoms with Crippen molar-refractivity contribution < 1.29 is 13.2 Å². The lowest BCUT2D eigenvalue weighted by molar-refractivity contribution is 0.0685. The molecule has 0 saturated heterocycles. The van der Waals surface area contributed by atoms with Crippen molar-refractivity contribution in [3.05, 3.63) is 10.6 Å². The summed E-state index contributed by atoms with van der Waals surface area (Å²) in [5.74, 6) is 0.989. The summed E-state index contributed by atoms with van der Waals surface area (Å²) >= 11 is 1.74. The predicted molar refractivity (Wildman–Crippen MR) is 137 cm³/mol. The number of aromatic nitrogens is 1. The Balaban J connectivity index is 1.42. The van der Waals surface area contributed by atoms with Gasteiger partial charge in [-0.05, 0) is 63.7 Å². The number of aryl methyl sites for hydroxylation is 1. The molecule has 1 aromatic heterocycles. The smallest absolute Gasteiger partial charge is 0.217 e. The molecule has 3 atom stereocenters. The number of nitrogens with one attached hydrogen (secondary N) is 2. The van der Waals surface area contributed by atoms with Crippen molar-refractivity contribution >= 4 is 26.5 Å². The second-order valence-electron chi connectivity index (χ2n) is 10.5. The number of hydrogen-bond donors (Lipinski definition) is 2. The van der Waals surface area contributed by atoms with Crippen LogP contribution >= 0.6 is 11.3 Å². The fraction of sp³-hybridized carbons (Fsp3) is 0.880. The van der Waals surface area contributed by atoms with Gasteiger partial charge in [0, 0.05) is 24.6 Å². The molecule has 2 N–H and O–H groups in total. The first-order chi connectivity index (χ1) is 16.0. The molecule has 0 aliphatic heterocycles. The first-order valence-electron chi connectivity index (χ1n) is 13.2. The Labute approximate surface area is 204 Å². The number of hydrogen-bond acceptors (Lipinski definition) is 6. The van der Waals surface area contributed by atoms with Crippen LogP contribution in [-0.2, 0) is 14.8 Å². The number of ether oxygens (including phenoxy) is 1. The first kappa shape index (κ1) is 25.4. The van der Waals surface area contributed by atoms with Gasteiger partial charge in [0.1, 0.15) is 5.25 Å². The standard InChI is InChI=1S/C25H43N3O3S2/c1-18-24(32-25(27-18)26-17-19-10-6-5-7-11-19)20-14-15-22(31-2)23(16-20)33(29,30)28-21-12-8-3-4-9-13-21/h19-23,28H,3-17H2,1-2H3,(H,26,27). The number of anilines is 1. The van der Waals surface area contributed by atoms with Gasteiger partial charge in [-0.2, -0.15) is 0 Å². The monoisotopic (exact) mass is 497 g/mol. The molecule has 33 heavy (non-hydrogen) atoms. The minimum atomic E-state index is -3.44. The minimum absolute atomic E-state index is 0.0797. The second-order valence-corrected chi connectivity index (χ2v) is 13.5. The van der Waals surface area contributed by atoms with Crippen LogP contribution in [0.15, 0.2) is 0 Å². The Morgan fingerprint density at radius 1 is 0.970 bits per heavy atom. The van der Waals surface area contributed by atoms with Gasteiger partial charge < -0.3 is 10.1 Å². The van der Waals surface area contributed by atoms with Crippen molar-refractivity contribution in [2.24, 2.45) is 5.92 Å². The lowest BCUT2D eigenvalue weighted by Gasteiger charge is -2.35. The Morgan fingerprint density at radius 3 is 2.33 bits per heavy atom. The highest BCUT2D eigenvalue weighted by Crippen LogP contribution is 2.42. The number of methoxy groups -OCH3 is 1. The molecule has 0 radical (unpaired) electrons. The molecule has 3 unspecified atom stereocenters. The van der Waals surface area contributed by atoms with E-state index in [0.717, 1.165) is 61.8 Å². The highest BCUT2D eigenvalue weighted by molar-refractivity contribution is 7.90. The van der Waals surface area contributed by atoms with E-state index in [-0.39, 0.29) is 18.1 Å². The molecule has 1 heterocycles. The van der Waals surface area contributed by atoms with Crippen molar-refractivity contribution in [2.45, 2.75) is 120 Å². The van der Waals surface area contributed by atoms with Crippen molar-refractivity contribution in [1.82, 2.24) is 9.71 Å². The normalized spacial score (nSPS) is 28.5. The van der Waals surface area contributed by atoms with Gasteiger partial charge in [-0.15, -0.1) is 11.3 Å². The summed E-state index contributed by atoms with van der Waals surface area (Å²) in [6, 6.07) is 0.0797. The third-order valence-electron chi connectivity index (χ3n) is 8.09. The van der Waals surface area contributed by atoms with Gasteiger partial charge in [0.2, 0.25) is 10.0 Å². The maximum absolute atomic E-state index is 13.5. The van der Waals surface area contributed by atoms with E-state index in [1.165, 1.54) is 49.8 Å². The molecule has 188 valence electrons. The summed E-state index contributed by atoms with van der Waals surface area (Å²) < 4.78 is 35.7. The van der Waals surface area contributed by atoms with E-state index in [0.29, 0.717) is 6.42 Å². The highest BCUT2D eigenvalue weighted by Gasteiger charge is 2.41. The summed E-state index contributed by atoms with van der Waals surface area (Å²) in [4.78, 5) is 6.07. The number of thiazole rings is 1. The predicted octanol–water partition coefficient (Wildman–Crippen LogP) is 5.74. The van der Waals surface area contributed by atoms with Crippen LogP contribution in [0.4, 0.5) is 5.13 Å². The zero-order valence-corrected chi connectivity index (χ0v) is 22.1. The van der Waals surface area contributed by atoms with Gasteiger partial charge in [0.15, 0.2) is 5.13 Å². The largest absolute Gasteiger partial charge is 0.380 e. The van der Waals surface area contributed by atoms with Gasteiger partial charge in [0.25, 0.3) is 0 Å². The summed E-state index contributed by atoms with van der Waals surface area (Å²) in [5.41, 5.74) is 1.06. The van der Waals surface area contributed by atoms with Crippen LogP contribution in [0, 0.1) is 12.8 Å². The van der Waals surface area contributed by atoms with Gasteiger partial charge >= 0.3 is 0 Å². The summed E-state index contributed by atoms with van der Waals surface area (Å²) in [6.45, 7) is 3.08. The number of sulfonamides is 1. The summed E-state index contributed by atoms with van der Waals surface area (Å²) in [7, 11) is -1.78. The molecule has 3 aliphatic rings. The number of rotatable bonds is 8. The van der Waals surface area contributed by atoms with Gasteiger partial charge in [-0.25, -0.2) is 18.1 Å². The molecule has 0 spiro atoms. The molecular formula is C25H43N3O3S2. The van der Waals surface area contributed by atoms with Crippen LogP contribution < -0.4 is 10.0 Å². The van der Waals surface area contributed by atoms with Crippen LogP contribution in [0.2, 0.25) is 0 Å². The van der Waals surface area contributed by atoms with Crippen molar-refractivity contribution in [3.8, 4) is 0 Å². The maximum atomic E-state index is 13.5. The van der Waals surface area contributed by atoms with Crippen molar-refractivity contribution in [2.75, 3.05) is 19.0 Å². The van der Waals surface area contributed by atoms with Crippen molar-refractivity contribution in [3.63, 3.8) is 0 Å². The van der Waals surface area contributed by atoms with Crippen molar-refractivity contribution in [1.29, 1.82) is 0 Å². The fourth-order valence-electron chi connectivity index (χ4n) is 6.14. The Kier molecular flexibility index (Phi) is 9.10. The zero-order chi connectivity index (χ0) is 23.3. The van der Waals surface area contributed by atoms with E-state index in [1.807, 2.05) is 0 Å². The molecule has 1 aromatic rings. The quantitative estimate of drug-likeness (QED) is 0.448. The summed E-state index contributed by atoms with van der Waals surface area (Å²) in [5, 5.41) is 4.09. The van der Waals surface area contributed by atoms with Crippen LogP contribution in [0.25, 0.3) is 0 Å². The molecular weight excluding hydrogens is 454 g/mol. The average Bonchev–Trinajstić information content (AvgIpc) is 3.01. The Hall–Kier alpha value is -0.700. The van der Waals surface area contributed by atoms with E-state index in [2.05, 4.69) is 17.0 Å². The van der Waals surface area contributed by atoms with Crippen LogP contribution in [0.3, 0.4) is 0 Å². The Morgan fingerprint density at radius 2 is 1.64 bits per heavy atom. The first-order valence-corrected chi connectivity index (χ1v) is 15.6. The third-order valence-corrected chi connectivity index (χ3v) is 11.3. The van der Waals surface area contributed by atoms with Gasteiger partial charge in [-0.1, -0.05) is 44.9 Å². The van der Waals surface area contributed by atoms with E-state index in [9.17, 15) is 8.42 Å². The highest BCUT2D eigenvalue weighted by atomic mass is 32.2. The van der Waals surface area contributed by atoms with Crippen LogP contribution in [-0.4, -0.2) is 44.5 Å². The van der Waals surface area contributed by atoms with Gasteiger partial charge in [0.05, 0.1) is 11.8 Å². The molecule has 3 aliphatic carbocycles. The van der Waals surface area contributed by atoms with Gasteiger partial charge in [-0.3, -0.25) is 0 Å². The minimum Gasteiger partial charge on any atom is -0.380 e. The summed E-state index contributed by atoms with van der Waals surface area (Å²) in [6.07, 6.45) is 15.4. The van der Waals surface area contributed by atoms with E-state index in [1.54, 1.807) is 18.4 Å². The Bertz CT molecular complexity index is 843. The molecule has 4 rings (SSSR count). The lowest BCUT2D eigenvalue weighted by atomic mass is 9.85. The molecule has 0 amide bonds. The third kappa shape index (κ3) is 6.71. The molecule has 0 aromatic carbocycles. The molecule has 3 fully saturated rings. The lowest BCUT2D eigenvalue weighted by Crippen LogP contribution is -2.48. The number of nitrogens with zero attached hydrogens (tertiary/aromatic N) is 1. The second kappa shape index (κ2) is 11.8. The van der Waals surface area contributed by atoms with E-state index >= 15 is 0 Å². The topological polar surface area (TPSA) is 80.3 Å². The maximum Gasteiger partial charge on any atom is 0.217 e. The molecule has 0 bridgehead atoms. The van der Waals surface area contributed by atoms with Crippen LogP contribution in [0.1, 0.15) is 106 Å². The zero-order valence-electron chi connectivity index (χ0n) is 20.5. The SMILES string of the molecule is COC1CCC(c2sc(NCC3CCCCC3)nc2C)CC1S(=O)(=O)NC1CCCCCC1. The fourth-order valence-corrected chi connectivity index (χ4v) is 9.27. The van der Waals surface area contributed by atoms with E-state index < -0.39 is 15.3 Å². The molecule has 3 saturated carbocycles.